The fourth-order valence-electron chi connectivity index (χ4n) is 2.10. The highest BCUT2D eigenvalue weighted by atomic mass is 19.4. The average molecular weight is 345 g/mol. The van der Waals surface area contributed by atoms with Gasteiger partial charge in [-0.3, -0.25) is 4.98 Å². The Morgan fingerprint density at radius 1 is 0.880 bits per heavy atom. The number of nitrogens with zero attached hydrogens (tertiary/aromatic N) is 3. The second kappa shape index (κ2) is 7.16. The number of hydrogen-bond donors (Lipinski definition) is 2. The van der Waals surface area contributed by atoms with E-state index in [0.717, 1.165) is 17.8 Å². The molecular weight excluding hydrogens is 331 g/mol. The molecular formula is C17H14F3N5. The van der Waals surface area contributed by atoms with Crippen LogP contribution in [0, 0.1) is 0 Å². The molecule has 0 amide bonds. The van der Waals surface area contributed by atoms with Gasteiger partial charge in [-0.25, -0.2) is 9.97 Å². The topological polar surface area (TPSA) is 62.7 Å². The normalized spacial score (nSPS) is 11.2. The number of pyridine rings is 1. The Labute approximate surface area is 142 Å². The van der Waals surface area contributed by atoms with Crippen molar-refractivity contribution in [3.63, 3.8) is 0 Å². The van der Waals surface area contributed by atoms with Gasteiger partial charge in [0.05, 0.1) is 17.8 Å². The fourth-order valence-corrected chi connectivity index (χ4v) is 2.10. The van der Waals surface area contributed by atoms with Gasteiger partial charge in [-0.1, -0.05) is 6.07 Å². The largest absolute Gasteiger partial charge is 0.416 e. The Hall–Kier alpha value is -3.16. The van der Waals surface area contributed by atoms with E-state index in [1.54, 1.807) is 12.3 Å². The molecule has 0 atom stereocenters. The monoisotopic (exact) mass is 345 g/mol. The van der Waals surface area contributed by atoms with Crippen molar-refractivity contribution in [1.29, 1.82) is 0 Å². The van der Waals surface area contributed by atoms with E-state index in [-0.39, 0.29) is 0 Å². The first kappa shape index (κ1) is 16.7. The first-order valence-corrected chi connectivity index (χ1v) is 7.41. The maximum atomic E-state index is 12.6. The van der Waals surface area contributed by atoms with E-state index in [9.17, 15) is 13.2 Å². The van der Waals surface area contributed by atoms with E-state index in [4.69, 9.17) is 0 Å². The molecule has 2 heterocycles. The minimum atomic E-state index is -4.35. The number of benzene rings is 1. The van der Waals surface area contributed by atoms with Crippen molar-refractivity contribution < 1.29 is 13.2 Å². The summed E-state index contributed by atoms with van der Waals surface area (Å²) >= 11 is 0. The SMILES string of the molecule is FC(F)(F)c1ccc(Nc2cc(NCc3ccccn3)ncn2)cc1. The van der Waals surface area contributed by atoms with Gasteiger partial charge in [0.25, 0.3) is 0 Å². The predicted molar refractivity (Wildman–Crippen MR) is 88.3 cm³/mol. The maximum Gasteiger partial charge on any atom is 0.416 e. The summed E-state index contributed by atoms with van der Waals surface area (Å²) < 4.78 is 37.7. The molecule has 0 aliphatic carbocycles. The first-order valence-electron chi connectivity index (χ1n) is 7.41. The molecule has 0 fully saturated rings. The van der Waals surface area contributed by atoms with Crippen molar-refractivity contribution in [2.75, 3.05) is 10.6 Å². The molecule has 0 spiro atoms. The minimum Gasteiger partial charge on any atom is -0.364 e. The van der Waals surface area contributed by atoms with Crippen LogP contribution in [0.2, 0.25) is 0 Å². The fraction of sp³-hybridized carbons (Fsp3) is 0.118. The van der Waals surface area contributed by atoms with Crippen molar-refractivity contribution in [1.82, 2.24) is 15.0 Å². The summed E-state index contributed by atoms with van der Waals surface area (Å²) in [5.41, 5.74) is 0.666. The van der Waals surface area contributed by atoms with Gasteiger partial charge >= 0.3 is 6.18 Å². The van der Waals surface area contributed by atoms with Crippen LogP contribution in [0.25, 0.3) is 0 Å². The van der Waals surface area contributed by atoms with Gasteiger partial charge in [-0.2, -0.15) is 13.2 Å². The zero-order valence-electron chi connectivity index (χ0n) is 13.0. The second-order valence-corrected chi connectivity index (χ2v) is 5.16. The van der Waals surface area contributed by atoms with Gasteiger partial charge in [-0.05, 0) is 36.4 Å². The molecule has 2 aromatic heterocycles. The summed E-state index contributed by atoms with van der Waals surface area (Å²) in [6, 6.07) is 12.0. The number of hydrogen-bond acceptors (Lipinski definition) is 5. The highest BCUT2D eigenvalue weighted by Gasteiger charge is 2.29. The Morgan fingerprint density at radius 2 is 1.64 bits per heavy atom. The number of aromatic nitrogens is 3. The van der Waals surface area contributed by atoms with Crippen LogP contribution in [-0.2, 0) is 12.7 Å². The molecule has 0 aliphatic heterocycles. The van der Waals surface area contributed by atoms with Gasteiger partial charge in [0.2, 0.25) is 0 Å². The molecule has 0 unspecified atom stereocenters. The highest BCUT2D eigenvalue weighted by Crippen LogP contribution is 2.30. The number of alkyl halides is 3. The van der Waals surface area contributed by atoms with Crippen molar-refractivity contribution >= 4 is 17.3 Å². The first-order chi connectivity index (χ1) is 12.0. The van der Waals surface area contributed by atoms with Gasteiger partial charge < -0.3 is 10.6 Å². The Balaban J connectivity index is 1.65. The zero-order valence-corrected chi connectivity index (χ0v) is 13.0. The van der Waals surface area contributed by atoms with Crippen LogP contribution in [0.1, 0.15) is 11.3 Å². The molecule has 3 rings (SSSR count). The van der Waals surface area contributed by atoms with Crippen LogP contribution in [0.3, 0.4) is 0 Å². The van der Waals surface area contributed by atoms with Crippen molar-refractivity contribution in [2.24, 2.45) is 0 Å². The zero-order chi connectivity index (χ0) is 17.7. The molecule has 1 aromatic carbocycles. The second-order valence-electron chi connectivity index (χ2n) is 5.16. The Bertz CT molecular complexity index is 820. The van der Waals surface area contributed by atoms with Crippen LogP contribution in [0.4, 0.5) is 30.5 Å². The van der Waals surface area contributed by atoms with E-state index in [0.29, 0.717) is 23.9 Å². The third-order valence-electron chi connectivity index (χ3n) is 3.33. The lowest BCUT2D eigenvalue weighted by atomic mass is 10.2. The van der Waals surface area contributed by atoms with Crippen LogP contribution in [-0.4, -0.2) is 15.0 Å². The molecule has 2 N–H and O–H groups in total. The summed E-state index contributed by atoms with van der Waals surface area (Å²) in [7, 11) is 0. The van der Waals surface area contributed by atoms with E-state index >= 15 is 0 Å². The molecule has 0 aliphatic rings. The van der Waals surface area contributed by atoms with Crippen LogP contribution < -0.4 is 10.6 Å². The molecule has 8 heteroatoms. The molecule has 0 radical (unpaired) electrons. The smallest absolute Gasteiger partial charge is 0.364 e. The van der Waals surface area contributed by atoms with E-state index < -0.39 is 11.7 Å². The lowest BCUT2D eigenvalue weighted by Crippen LogP contribution is -2.05. The number of anilines is 3. The van der Waals surface area contributed by atoms with Crippen LogP contribution >= 0.6 is 0 Å². The number of rotatable bonds is 5. The quantitative estimate of drug-likeness (QED) is 0.724. The molecule has 0 saturated carbocycles. The van der Waals surface area contributed by atoms with Gasteiger partial charge in [0.1, 0.15) is 18.0 Å². The minimum absolute atomic E-state index is 0.471. The van der Waals surface area contributed by atoms with E-state index in [1.165, 1.54) is 18.5 Å². The summed E-state index contributed by atoms with van der Waals surface area (Å²) in [5.74, 6) is 1.05. The number of halogens is 3. The molecule has 5 nitrogen and oxygen atoms in total. The van der Waals surface area contributed by atoms with Gasteiger partial charge in [-0.15, -0.1) is 0 Å². The summed E-state index contributed by atoms with van der Waals surface area (Å²) in [6.07, 6.45) is -1.28. The predicted octanol–water partition coefficient (Wildman–Crippen LogP) is 4.25. The molecule has 128 valence electrons. The van der Waals surface area contributed by atoms with Crippen molar-refractivity contribution in [3.05, 3.63) is 72.3 Å². The average Bonchev–Trinajstić information content (AvgIpc) is 2.61. The summed E-state index contributed by atoms with van der Waals surface area (Å²) in [4.78, 5) is 12.4. The summed E-state index contributed by atoms with van der Waals surface area (Å²) in [6.45, 7) is 0.498. The molecule has 25 heavy (non-hydrogen) atoms. The van der Waals surface area contributed by atoms with Crippen molar-refractivity contribution in [2.45, 2.75) is 12.7 Å². The van der Waals surface area contributed by atoms with E-state index in [1.807, 2.05) is 18.2 Å². The Morgan fingerprint density at radius 3 is 2.32 bits per heavy atom. The standard InChI is InChI=1S/C17H14F3N5/c18-17(19,20)12-4-6-13(7-5-12)25-16-9-15(23-11-24-16)22-10-14-3-1-2-8-21-14/h1-9,11H,10H2,(H2,22,23,24,25). The number of nitrogens with one attached hydrogen (secondary N) is 2. The van der Waals surface area contributed by atoms with Gasteiger partial charge in [0, 0.05) is 18.0 Å². The van der Waals surface area contributed by atoms with Crippen molar-refractivity contribution in [3.8, 4) is 0 Å². The van der Waals surface area contributed by atoms with Crippen LogP contribution in [0.15, 0.2) is 61.1 Å². The molecule has 0 saturated heterocycles. The third-order valence-corrected chi connectivity index (χ3v) is 3.33. The van der Waals surface area contributed by atoms with E-state index in [2.05, 4.69) is 25.6 Å². The lowest BCUT2D eigenvalue weighted by Gasteiger charge is -2.10. The van der Waals surface area contributed by atoms with Crippen LogP contribution in [0.5, 0.6) is 0 Å². The van der Waals surface area contributed by atoms with Gasteiger partial charge in [0.15, 0.2) is 0 Å². The maximum absolute atomic E-state index is 12.6. The third kappa shape index (κ3) is 4.66. The Kier molecular flexibility index (Phi) is 4.78. The lowest BCUT2D eigenvalue weighted by molar-refractivity contribution is -0.137. The molecule has 0 bridgehead atoms. The summed E-state index contributed by atoms with van der Waals surface area (Å²) in [5, 5.41) is 6.06. The molecule has 3 aromatic rings. The highest BCUT2D eigenvalue weighted by molar-refractivity contribution is 5.59.